The minimum absolute atomic E-state index is 0.251. The number of ether oxygens (including phenoxy) is 4. The molecule has 0 saturated carbocycles. The van der Waals surface area contributed by atoms with E-state index in [-0.39, 0.29) is 12.1 Å². The van der Waals surface area contributed by atoms with Crippen LogP contribution in [0.25, 0.3) is 0 Å². The summed E-state index contributed by atoms with van der Waals surface area (Å²) >= 11 is 0. The maximum atomic E-state index is 13.5. The van der Waals surface area contributed by atoms with Crippen molar-refractivity contribution in [3.05, 3.63) is 66.0 Å². The number of carbonyl (C=O) groups excluding carboxylic acids is 1. The summed E-state index contributed by atoms with van der Waals surface area (Å²) in [6, 6.07) is 14.4. The first-order valence-corrected chi connectivity index (χ1v) is 10.3. The zero-order valence-corrected chi connectivity index (χ0v) is 18.6. The van der Waals surface area contributed by atoms with Crippen molar-refractivity contribution in [2.75, 3.05) is 40.3 Å². The highest BCUT2D eigenvalue weighted by molar-refractivity contribution is 5.92. The quantitative estimate of drug-likeness (QED) is 0.627. The summed E-state index contributed by atoms with van der Waals surface area (Å²) in [4.78, 5) is 15.3. The maximum Gasteiger partial charge on any atom is 0.322 e. The van der Waals surface area contributed by atoms with E-state index in [1.807, 2.05) is 36.5 Å². The molecule has 1 aliphatic heterocycles. The van der Waals surface area contributed by atoms with Crippen LogP contribution in [0.5, 0.6) is 23.0 Å². The summed E-state index contributed by atoms with van der Waals surface area (Å²) < 4.78 is 24.1. The second-order valence-electron chi connectivity index (χ2n) is 7.30. The number of hydrogen-bond donors (Lipinski definition) is 1. The summed E-state index contributed by atoms with van der Waals surface area (Å²) in [5, 5.41) is 3.00. The monoisotopic (exact) mass is 437 g/mol. The van der Waals surface area contributed by atoms with Gasteiger partial charge in [-0.3, -0.25) is 0 Å². The summed E-state index contributed by atoms with van der Waals surface area (Å²) in [6.07, 6.45) is 2.02. The molecule has 2 amide bonds. The first kappa shape index (κ1) is 21.4. The average molecular weight is 437 g/mol. The molecule has 8 nitrogen and oxygen atoms in total. The number of urea groups is 1. The van der Waals surface area contributed by atoms with E-state index in [0.29, 0.717) is 41.8 Å². The van der Waals surface area contributed by atoms with E-state index < -0.39 is 0 Å². The molecule has 0 saturated heterocycles. The highest BCUT2D eigenvalue weighted by Gasteiger charge is 2.34. The van der Waals surface area contributed by atoms with Crippen molar-refractivity contribution in [3.8, 4) is 23.0 Å². The highest BCUT2D eigenvalue weighted by atomic mass is 16.5. The fraction of sp³-hybridized carbons (Fsp3) is 0.292. The SMILES string of the molecule is COc1ccc(OC)c([C@@H]2c3cccn3CCN2C(=O)Nc2cccc(OC)c2OC)c1. The maximum absolute atomic E-state index is 13.5. The third-order valence-electron chi connectivity index (χ3n) is 5.68. The van der Waals surface area contributed by atoms with Gasteiger partial charge in [-0.1, -0.05) is 6.07 Å². The lowest BCUT2D eigenvalue weighted by molar-refractivity contribution is 0.180. The van der Waals surface area contributed by atoms with Gasteiger partial charge >= 0.3 is 6.03 Å². The molecule has 2 aromatic carbocycles. The van der Waals surface area contributed by atoms with Crippen molar-refractivity contribution in [1.82, 2.24) is 9.47 Å². The van der Waals surface area contributed by atoms with Crippen LogP contribution in [0.3, 0.4) is 0 Å². The average Bonchev–Trinajstić information content (AvgIpc) is 3.31. The van der Waals surface area contributed by atoms with E-state index in [2.05, 4.69) is 9.88 Å². The Kier molecular flexibility index (Phi) is 6.11. The lowest BCUT2D eigenvalue weighted by atomic mass is 9.98. The Morgan fingerprint density at radius 2 is 1.72 bits per heavy atom. The molecule has 1 N–H and O–H groups in total. The molecule has 0 unspecified atom stereocenters. The van der Waals surface area contributed by atoms with Crippen LogP contribution in [0, 0.1) is 0 Å². The summed E-state index contributed by atoms with van der Waals surface area (Å²) in [7, 11) is 6.35. The molecule has 1 aliphatic rings. The third-order valence-corrected chi connectivity index (χ3v) is 5.68. The van der Waals surface area contributed by atoms with Crippen LogP contribution < -0.4 is 24.3 Å². The fourth-order valence-corrected chi connectivity index (χ4v) is 4.16. The standard InChI is InChI=1S/C24H27N3O5/c1-29-16-10-11-20(30-2)17(15-16)22-19-8-6-12-26(19)13-14-27(22)24(28)25-18-7-5-9-21(31-3)23(18)32-4/h5-12,15,22H,13-14H2,1-4H3,(H,25,28)/t22-/m1/s1. The van der Waals surface area contributed by atoms with Gasteiger partial charge in [-0.05, 0) is 42.5 Å². The first-order valence-electron chi connectivity index (χ1n) is 10.3. The van der Waals surface area contributed by atoms with Gasteiger partial charge in [0.05, 0.1) is 34.1 Å². The molecule has 3 aromatic rings. The number of carbonyl (C=O) groups is 1. The molecular weight excluding hydrogens is 410 g/mol. The summed E-state index contributed by atoms with van der Waals surface area (Å²) in [5.41, 5.74) is 2.38. The number of amides is 2. The van der Waals surface area contributed by atoms with Gasteiger partial charge < -0.3 is 33.7 Å². The predicted molar refractivity (Wildman–Crippen MR) is 121 cm³/mol. The molecule has 4 rings (SSSR count). The second kappa shape index (κ2) is 9.13. The first-order chi connectivity index (χ1) is 15.6. The minimum Gasteiger partial charge on any atom is -0.497 e. The zero-order valence-electron chi connectivity index (χ0n) is 18.6. The number of para-hydroxylation sites is 1. The Balaban J connectivity index is 1.75. The summed E-state index contributed by atoms with van der Waals surface area (Å²) in [6.45, 7) is 1.21. The number of methoxy groups -OCH3 is 4. The number of fused-ring (bicyclic) bond motifs is 1. The largest absolute Gasteiger partial charge is 0.497 e. The van der Waals surface area contributed by atoms with Crippen molar-refractivity contribution < 1.29 is 23.7 Å². The smallest absolute Gasteiger partial charge is 0.322 e. The molecule has 0 radical (unpaired) electrons. The van der Waals surface area contributed by atoms with Crippen LogP contribution in [-0.4, -0.2) is 50.5 Å². The molecular formula is C24H27N3O5. The predicted octanol–water partition coefficient (Wildman–Crippen LogP) is 4.16. The van der Waals surface area contributed by atoms with E-state index in [1.165, 1.54) is 0 Å². The lowest BCUT2D eigenvalue weighted by Gasteiger charge is -2.38. The van der Waals surface area contributed by atoms with Gasteiger partial charge in [-0.2, -0.15) is 0 Å². The number of rotatable bonds is 6. The molecule has 32 heavy (non-hydrogen) atoms. The Morgan fingerprint density at radius 1 is 0.906 bits per heavy atom. The van der Waals surface area contributed by atoms with Crippen molar-refractivity contribution in [2.24, 2.45) is 0 Å². The third kappa shape index (κ3) is 3.79. The van der Waals surface area contributed by atoms with E-state index in [9.17, 15) is 4.79 Å². The zero-order chi connectivity index (χ0) is 22.7. The molecule has 2 heterocycles. The van der Waals surface area contributed by atoms with Gasteiger partial charge in [-0.25, -0.2) is 4.79 Å². The van der Waals surface area contributed by atoms with Crippen LogP contribution >= 0.6 is 0 Å². The number of benzene rings is 2. The molecule has 0 spiro atoms. The topological polar surface area (TPSA) is 74.2 Å². The van der Waals surface area contributed by atoms with Gasteiger partial charge in [0.2, 0.25) is 0 Å². The number of nitrogens with one attached hydrogen (secondary N) is 1. The van der Waals surface area contributed by atoms with Crippen LogP contribution in [-0.2, 0) is 6.54 Å². The van der Waals surface area contributed by atoms with Crippen LogP contribution in [0.4, 0.5) is 10.5 Å². The molecule has 168 valence electrons. The summed E-state index contributed by atoms with van der Waals surface area (Å²) in [5.74, 6) is 2.39. The molecule has 8 heteroatoms. The number of anilines is 1. The lowest BCUT2D eigenvalue weighted by Crippen LogP contribution is -2.44. The molecule has 0 fully saturated rings. The highest BCUT2D eigenvalue weighted by Crippen LogP contribution is 2.40. The fourth-order valence-electron chi connectivity index (χ4n) is 4.16. The van der Waals surface area contributed by atoms with E-state index >= 15 is 0 Å². The molecule has 0 aliphatic carbocycles. The van der Waals surface area contributed by atoms with Crippen molar-refractivity contribution in [1.29, 1.82) is 0 Å². The van der Waals surface area contributed by atoms with Gasteiger partial charge in [0, 0.05) is 30.5 Å². The van der Waals surface area contributed by atoms with Gasteiger partial charge in [0.1, 0.15) is 17.5 Å². The number of nitrogens with zero attached hydrogens (tertiary/aromatic N) is 2. The molecule has 1 aromatic heterocycles. The van der Waals surface area contributed by atoms with Crippen LogP contribution in [0.15, 0.2) is 54.7 Å². The van der Waals surface area contributed by atoms with Crippen LogP contribution in [0.1, 0.15) is 17.3 Å². The van der Waals surface area contributed by atoms with Gasteiger partial charge in [-0.15, -0.1) is 0 Å². The van der Waals surface area contributed by atoms with E-state index in [4.69, 9.17) is 18.9 Å². The van der Waals surface area contributed by atoms with Crippen LogP contribution in [0.2, 0.25) is 0 Å². The van der Waals surface area contributed by atoms with Crippen molar-refractivity contribution in [2.45, 2.75) is 12.6 Å². The molecule has 1 atom stereocenters. The Labute approximate surface area is 187 Å². The Hall–Kier alpha value is -3.81. The number of aromatic nitrogens is 1. The van der Waals surface area contributed by atoms with Crippen molar-refractivity contribution in [3.63, 3.8) is 0 Å². The van der Waals surface area contributed by atoms with Crippen molar-refractivity contribution >= 4 is 11.7 Å². The van der Waals surface area contributed by atoms with Gasteiger partial charge in [0.25, 0.3) is 0 Å². The van der Waals surface area contributed by atoms with E-state index in [0.717, 1.165) is 11.3 Å². The number of hydrogen-bond acceptors (Lipinski definition) is 5. The Morgan fingerprint density at radius 3 is 2.44 bits per heavy atom. The second-order valence-corrected chi connectivity index (χ2v) is 7.30. The van der Waals surface area contributed by atoms with E-state index in [1.54, 1.807) is 51.5 Å². The Bertz CT molecular complexity index is 1110. The minimum atomic E-state index is -0.361. The molecule has 0 bridgehead atoms. The normalized spacial score (nSPS) is 15.0. The van der Waals surface area contributed by atoms with Gasteiger partial charge in [0.15, 0.2) is 11.5 Å².